The molecule has 18 heavy (non-hydrogen) atoms. The lowest BCUT2D eigenvalue weighted by Gasteiger charge is -2.38. The van der Waals surface area contributed by atoms with Crippen LogP contribution in [0.3, 0.4) is 0 Å². The molecule has 0 spiro atoms. The molecule has 0 aromatic rings. The number of hydrogen-bond acceptors (Lipinski definition) is 3. The van der Waals surface area contributed by atoms with Crippen molar-refractivity contribution in [3.8, 4) is 0 Å². The molecule has 1 N–H and O–H groups in total. The predicted molar refractivity (Wildman–Crippen MR) is 71.4 cm³/mol. The number of ether oxygens (including phenoxy) is 1. The highest BCUT2D eigenvalue weighted by Crippen LogP contribution is 2.27. The predicted octanol–water partition coefficient (Wildman–Crippen LogP) is 2.79. The maximum atomic E-state index is 12.0. The van der Waals surface area contributed by atoms with Crippen molar-refractivity contribution in [2.45, 2.75) is 65.0 Å². The first-order chi connectivity index (χ1) is 8.33. The number of hydrogen-bond donors (Lipinski definition) is 1. The summed E-state index contributed by atoms with van der Waals surface area (Å²) in [5.41, 5.74) is -0.426. The summed E-state index contributed by atoms with van der Waals surface area (Å²) in [5, 5.41) is 8.85. The Labute approximate surface area is 110 Å². The van der Waals surface area contributed by atoms with E-state index in [1.807, 2.05) is 25.7 Å². The first-order valence-corrected chi connectivity index (χ1v) is 6.94. The summed E-state index contributed by atoms with van der Waals surface area (Å²) in [7, 11) is 0. The summed E-state index contributed by atoms with van der Waals surface area (Å²) in [6.07, 6.45) is 3.76. The van der Waals surface area contributed by atoms with Crippen LogP contribution in [0.15, 0.2) is 0 Å². The molecule has 0 saturated carbocycles. The Kier molecular flexibility index (Phi) is 5.45. The summed E-state index contributed by atoms with van der Waals surface area (Å²) < 4.78 is 5.41. The van der Waals surface area contributed by atoms with Crippen LogP contribution in [0.25, 0.3) is 0 Å². The highest BCUT2D eigenvalue weighted by atomic mass is 16.6. The molecule has 1 unspecified atom stereocenters. The van der Waals surface area contributed by atoms with Crippen molar-refractivity contribution in [2.24, 2.45) is 5.92 Å². The fourth-order valence-corrected chi connectivity index (χ4v) is 2.50. The van der Waals surface area contributed by atoms with Crippen molar-refractivity contribution in [1.82, 2.24) is 4.90 Å². The lowest BCUT2D eigenvalue weighted by atomic mass is 9.88. The van der Waals surface area contributed by atoms with E-state index in [0.717, 1.165) is 32.2 Å². The standard InChI is InChI=1S/C14H27NO3/c1-11-10-12(6-5-9-16)7-8-15(11)13(17)18-14(2,3)4/h11-12,16H,5-10H2,1-4H3/t11-,12?/m1/s1. The SMILES string of the molecule is C[C@@H]1CC(CCCO)CCN1C(=O)OC(C)(C)C. The fraction of sp³-hybridized carbons (Fsp3) is 0.929. The van der Waals surface area contributed by atoms with Crippen molar-refractivity contribution in [3.05, 3.63) is 0 Å². The fourth-order valence-electron chi connectivity index (χ4n) is 2.50. The molecule has 0 radical (unpaired) electrons. The molecule has 1 amide bonds. The van der Waals surface area contributed by atoms with Crippen LogP contribution in [0.5, 0.6) is 0 Å². The van der Waals surface area contributed by atoms with Gasteiger partial charge in [-0.3, -0.25) is 0 Å². The Morgan fingerprint density at radius 2 is 2.11 bits per heavy atom. The number of likely N-dealkylation sites (tertiary alicyclic amines) is 1. The van der Waals surface area contributed by atoms with E-state index in [1.54, 1.807) is 0 Å². The van der Waals surface area contributed by atoms with E-state index >= 15 is 0 Å². The van der Waals surface area contributed by atoms with Crippen molar-refractivity contribution in [3.63, 3.8) is 0 Å². The molecule has 4 nitrogen and oxygen atoms in total. The Balaban J connectivity index is 2.44. The summed E-state index contributed by atoms with van der Waals surface area (Å²) in [6.45, 7) is 8.79. The lowest BCUT2D eigenvalue weighted by Crippen LogP contribution is -2.46. The van der Waals surface area contributed by atoms with Crippen LogP contribution < -0.4 is 0 Å². The van der Waals surface area contributed by atoms with Gasteiger partial charge < -0.3 is 14.7 Å². The molecular formula is C14H27NO3. The highest BCUT2D eigenvalue weighted by molar-refractivity contribution is 5.68. The summed E-state index contributed by atoms with van der Waals surface area (Å²) in [5.74, 6) is 0.630. The topological polar surface area (TPSA) is 49.8 Å². The van der Waals surface area contributed by atoms with Crippen LogP contribution in [0.1, 0.15) is 53.4 Å². The molecule has 1 rings (SSSR count). The second kappa shape index (κ2) is 6.41. The van der Waals surface area contributed by atoms with Gasteiger partial charge in [0.25, 0.3) is 0 Å². The molecule has 1 aliphatic rings. The molecule has 2 atom stereocenters. The zero-order valence-corrected chi connectivity index (χ0v) is 12.1. The van der Waals surface area contributed by atoms with Gasteiger partial charge in [-0.1, -0.05) is 0 Å². The molecule has 0 aromatic carbocycles. The van der Waals surface area contributed by atoms with E-state index in [-0.39, 0.29) is 18.7 Å². The third-order valence-electron chi connectivity index (χ3n) is 3.38. The number of carbonyl (C=O) groups is 1. The lowest BCUT2D eigenvalue weighted by molar-refractivity contribution is 0.00641. The normalized spacial score (nSPS) is 25.1. The van der Waals surface area contributed by atoms with Crippen LogP contribution >= 0.6 is 0 Å². The van der Waals surface area contributed by atoms with E-state index in [9.17, 15) is 4.79 Å². The largest absolute Gasteiger partial charge is 0.444 e. The first kappa shape index (κ1) is 15.3. The number of rotatable bonds is 3. The maximum Gasteiger partial charge on any atom is 0.410 e. The third-order valence-corrected chi connectivity index (χ3v) is 3.38. The Morgan fingerprint density at radius 1 is 1.44 bits per heavy atom. The van der Waals surface area contributed by atoms with Gasteiger partial charge in [-0.05, 0) is 59.3 Å². The average molecular weight is 257 g/mol. The van der Waals surface area contributed by atoms with E-state index < -0.39 is 5.60 Å². The quantitative estimate of drug-likeness (QED) is 0.845. The monoisotopic (exact) mass is 257 g/mol. The molecule has 4 heteroatoms. The van der Waals surface area contributed by atoms with Gasteiger partial charge in [0, 0.05) is 19.2 Å². The number of carbonyl (C=O) groups excluding carboxylic acids is 1. The molecule has 1 fully saturated rings. The highest BCUT2D eigenvalue weighted by Gasteiger charge is 2.31. The first-order valence-electron chi connectivity index (χ1n) is 6.94. The second-order valence-electron chi connectivity index (χ2n) is 6.28. The van der Waals surface area contributed by atoms with Crippen LogP contribution in [0, 0.1) is 5.92 Å². The van der Waals surface area contributed by atoms with Crippen LogP contribution in [-0.4, -0.2) is 40.9 Å². The number of amides is 1. The molecule has 0 aromatic heterocycles. The number of aliphatic hydroxyl groups is 1. The van der Waals surface area contributed by atoms with Crippen molar-refractivity contribution >= 4 is 6.09 Å². The van der Waals surface area contributed by atoms with Crippen LogP contribution in [-0.2, 0) is 4.74 Å². The molecule has 0 bridgehead atoms. The maximum absolute atomic E-state index is 12.0. The van der Waals surface area contributed by atoms with Gasteiger partial charge >= 0.3 is 6.09 Å². The molecule has 1 aliphatic heterocycles. The van der Waals surface area contributed by atoms with Gasteiger partial charge in [-0.25, -0.2) is 4.79 Å². The minimum atomic E-state index is -0.426. The number of aliphatic hydroxyl groups excluding tert-OH is 1. The summed E-state index contributed by atoms with van der Waals surface area (Å²) in [6, 6.07) is 0.234. The zero-order chi connectivity index (χ0) is 13.8. The third kappa shape index (κ3) is 4.84. The second-order valence-corrected chi connectivity index (χ2v) is 6.28. The van der Waals surface area contributed by atoms with E-state index in [4.69, 9.17) is 9.84 Å². The van der Waals surface area contributed by atoms with Gasteiger partial charge in [0.05, 0.1) is 0 Å². The minimum Gasteiger partial charge on any atom is -0.444 e. The van der Waals surface area contributed by atoms with Gasteiger partial charge in [0.2, 0.25) is 0 Å². The van der Waals surface area contributed by atoms with Gasteiger partial charge in [-0.2, -0.15) is 0 Å². The van der Waals surface area contributed by atoms with Crippen LogP contribution in [0.2, 0.25) is 0 Å². The van der Waals surface area contributed by atoms with Crippen molar-refractivity contribution < 1.29 is 14.6 Å². The van der Waals surface area contributed by atoms with Crippen molar-refractivity contribution in [1.29, 1.82) is 0 Å². The molecular weight excluding hydrogens is 230 g/mol. The smallest absolute Gasteiger partial charge is 0.410 e. The Hall–Kier alpha value is -0.770. The Morgan fingerprint density at radius 3 is 2.61 bits per heavy atom. The van der Waals surface area contributed by atoms with Gasteiger partial charge in [-0.15, -0.1) is 0 Å². The number of nitrogens with zero attached hydrogens (tertiary/aromatic N) is 1. The van der Waals surface area contributed by atoms with Crippen molar-refractivity contribution in [2.75, 3.05) is 13.2 Å². The van der Waals surface area contributed by atoms with E-state index in [1.165, 1.54) is 0 Å². The summed E-state index contributed by atoms with van der Waals surface area (Å²) in [4.78, 5) is 13.8. The summed E-state index contributed by atoms with van der Waals surface area (Å²) >= 11 is 0. The molecule has 0 aliphatic carbocycles. The van der Waals surface area contributed by atoms with Crippen LogP contribution in [0.4, 0.5) is 4.79 Å². The minimum absolute atomic E-state index is 0.199. The molecule has 1 saturated heterocycles. The Bertz CT molecular complexity index is 273. The van der Waals surface area contributed by atoms with Gasteiger partial charge in [0.15, 0.2) is 0 Å². The molecule has 106 valence electrons. The zero-order valence-electron chi connectivity index (χ0n) is 12.1. The van der Waals surface area contributed by atoms with Gasteiger partial charge in [0.1, 0.15) is 5.60 Å². The average Bonchev–Trinajstić information content (AvgIpc) is 2.23. The van der Waals surface area contributed by atoms with E-state index in [2.05, 4.69) is 6.92 Å². The molecule has 1 heterocycles. The number of piperidine rings is 1. The van der Waals surface area contributed by atoms with E-state index in [0.29, 0.717) is 5.92 Å².